The van der Waals surface area contributed by atoms with Crippen LogP contribution in [0.4, 0.5) is 0 Å². The number of hydrogen-bond donors (Lipinski definition) is 0. The van der Waals surface area contributed by atoms with Gasteiger partial charge in [-0.3, -0.25) is 4.79 Å². The Morgan fingerprint density at radius 2 is 2.18 bits per heavy atom. The average Bonchev–Trinajstić information content (AvgIpc) is 2.52. The molecule has 1 heterocycles. The zero-order chi connectivity index (χ0) is 15.5. The Hall–Kier alpha value is -2.58. The Morgan fingerprint density at radius 1 is 1.32 bits per heavy atom. The lowest BCUT2D eigenvalue weighted by atomic mass is 9.96. The van der Waals surface area contributed by atoms with E-state index in [0.717, 1.165) is 10.0 Å². The lowest BCUT2D eigenvalue weighted by molar-refractivity contribution is -0.118. The molecule has 1 aliphatic carbocycles. The van der Waals surface area contributed by atoms with Gasteiger partial charge in [0.25, 0.3) is 5.91 Å². The molecule has 106 valence electrons. The molecule has 0 fully saturated rings. The molecule has 1 amide bonds. The second-order valence-corrected chi connectivity index (χ2v) is 5.67. The quantitative estimate of drug-likeness (QED) is 0.765. The molecule has 0 spiro atoms. The van der Waals surface area contributed by atoms with Gasteiger partial charge in [0.15, 0.2) is 5.84 Å². The molecule has 5 heteroatoms. The van der Waals surface area contributed by atoms with Crippen molar-refractivity contribution in [1.29, 1.82) is 5.26 Å². The van der Waals surface area contributed by atoms with Gasteiger partial charge >= 0.3 is 0 Å². The first-order valence-electron chi connectivity index (χ1n) is 6.61. The van der Waals surface area contributed by atoms with Crippen LogP contribution in [0.1, 0.15) is 5.56 Å². The number of nitriles is 1. The minimum atomic E-state index is -0.431. The molecule has 1 atom stereocenters. The highest BCUT2D eigenvalue weighted by molar-refractivity contribution is 9.10. The van der Waals surface area contributed by atoms with E-state index in [-0.39, 0.29) is 17.3 Å². The molecule has 1 unspecified atom stereocenters. The average molecular weight is 352 g/mol. The summed E-state index contributed by atoms with van der Waals surface area (Å²) in [4.78, 5) is 20.4. The summed E-state index contributed by atoms with van der Waals surface area (Å²) in [6, 6.07) is 9.58. The number of rotatable bonds is 2. The fraction of sp³-hybridized carbons (Fsp3) is 0.0588. The smallest absolute Gasteiger partial charge is 0.260 e. The second kappa shape index (κ2) is 6.04. The van der Waals surface area contributed by atoms with Crippen molar-refractivity contribution in [1.82, 2.24) is 0 Å². The van der Waals surface area contributed by atoms with Crippen molar-refractivity contribution in [3.05, 3.63) is 64.2 Å². The van der Waals surface area contributed by atoms with E-state index in [9.17, 15) is 10.1 Å². The molecule has 0 radical (unpaired) electrons. The van der Waals surface area contributed by atoms with Crippen LogP contribution in [0, 0.1) is 17.2 Å². The summed E-state index contributed by atoms with van der Waals surface area (Å²) >= 11 is 3.38. The number of allylic oxidation sites excluding steroid dienone is 3. The molecule has 4 nitrogen and oxygen atoms in total. The van der Waals surface area contributed by atoms with Crippen molar-refractivity contribution in [2.75, 3.05) is 0 Å². The molecule has 0 saturated heterocycles. The van der Waals surface area contributed by atoms with Crippen LogP contribution in [0.5, 0.6) is 0 Å². The number of carbonyl (C=O) groups is 1. The van der Waals surface area contributed by atoms with Crippen LogP contribution in [-0.2, 0) is 4.79 Å². The van der Waals surface area contributed by atoms with Crippen molar-refractivity contribution in [3.8, 4) is 6.07 Å². The number of nitrogens with zero attached hydrogens (tertiary/aromatic N) is 3. The Labute approximate surface area is 136 Å². The predicted octanol–water partition coefficient (Wildman–Crippen LogP) is 3.48. The topological polar surface area (TPSA) is 65.6 Å². The van der Waals surface area contributed by atoms with E-state index in [1.54, 1.807) is 24.3 Å². The van der Waals surface area contributed by atoms with Crippen molar-refractivity contribution >= 4 is 39.5 Å². The van der Waals surface area contributed by atoms with E-state index in [1.165, 1.54) is 0 Å². The number of carbonyl (C=O) groups excluding carboxylic acids is 1. The fourth-order valence-corrected chi connectivity index (χ4v) is 2.62. The first-order valence-corrected chi connectivity index (χ1v) is 7.40. The summed E-state index contributed by atoms with van der Waals surface area (Å²) in [7, 11) is 0. The molecule has 1 aromatic carbocycles. The number of fused-ring (bicyclic) bond motifs is 1. The van der Waals surface area contributed by atoms with Crippen molar-refractivity contribution < 1.29 is 4.79 Å². The van der Waals surface area contributed by atoms with Gasteiger partial charge in [0, 0.05) is 4.47 Å². The first-order chi connectivity index (χ1) is 10.7. The minimum Gasteiger partial charge on any atom is -0.271 e. The fourth-order valence-electron chi connectivity index (χ4n) is 2.20. The highest BCUT2D eigenvalue weighted by atomic mass is 79.9. The minimum absolute atomic E-state index is 0.165. The number of benzene rings is 1. The summed E-state index contributed by atoms with van der Waals surface area (Å²) in [6.45, 7) is 0. The summed E-state index contributed by atoms with van der Waals surface area (Å²) in [5.41, 5.74) is 1.72. The van der Waals surface area contributed by atoms with Gasteiger partial charge in [-0.1, -0.05) is 46.3 Å². The van der Waals surface area contributed by atoms with Crippen molar-refractivity contribution in [2.45, 2.75) is 0 Å². The van der Waals surface area contributed by atoms with Crippen LogP contribution in [0.15, 0.2) is 68.6 Å². The first kappa shape index (κ1) is 14.4. The molecule has 1 aromatic rings. The Balaban J connectivity index is 2.00. The molecule has 0 saturated carbocycles. The monoisotopic (exact) mass is 351 g/mol. The summed E-state index contributed by atoms with van der Waals surface area (Å²) < 4.78 is 0.909. The molecular formula is C17H10BrN3O. The molecule has 0 aromatic heterocycles. The summed E-state index contributed by atoms with van der Waals surface area (Å²) in [5, 5.41) is 9.37. The van der Waals surface area contributed by atoms with E-state index in [4.69, 9.17) is 0 Å². The van der Waals surface area contributed by atoms with E-state index in [1.807, 2.05) is 30.3 Å². The van der Waals surface area contributed by atoms with Crippen LogP contribution in [-0.4, -0.2) is 17.5 Å². The normalized spacial score (nSPS) is 20.1. The third-order valence-corrected chi connectivity index (χ3v) is 3.73. The standard InChI is InChI=1S/C17H10BrN3O/c18-13-5-3-4-11(9-13)8-12(10-19)16-20-15-7-2-1-6-14(15)17(22)21-16/h1-9,14H/b12-8+. The van der Waals surface area contributed by atoms with Crippen molar-refractivity contribution in [2.24, 2.45) is 15.9 Å². The SMILES string of the molecule is N#C/C(=C\c1cccc(Br)c1)C1=NC(=O)C2C=CC=CC2=N1. The zero-order valence-electron chi connectivity index (χ0n) is 11.4. The molecule has 0 bridgehead atoms. The highest BCUT2D eigenvalue weighted by Gasteiger charge is 2.27. The molecule has 3 rings (SSSR count). The largest absolute Gasteiger partial charge is 0.271 e. The molecule has 1 aliphatic heterocycles. The summed E-state index contributed by atoms with van der Waals surface area (Å²) in [5.74, 6) is -0.561. The lowest BCUT2D eigenvalue weighted by Crippen LogP contribution is -2.27. The third kappa shape index (κ3) is 2.87. The van der Waals surface area contributed by atoms with E-state index >= 15 is 0 Å². The number of amidine groups is 1. The van der Waals surface area contributed by atoms with Crippen LogP contribution in [0.3, 0.4) is 0 Å². The van der Waals surface area contributed by atoms with Crippen LogP contribution >= 0.6 is 15.9 Å². The van der Waals surface area contributed by atoms with Crippen LogP contribution < -0.4 is 0 Å². The maximum absolute atomic E-state index is 12.1. The van der Waals surface area contributed by atoms with Crippen molar-refractivity contribution in [3.63, 3.8) is 0 Å². The van der Waals surface area contributed by atoms with Crippen LogP contribution in [0.2, 0.25) is 0 Å². The van der Waals surface area contributed by atoms with E-state index in [2.05, 4.69) is 32.0 Å². The van der Waals surface area contributed by atoms with Gasteiger partial charge in [0.1, 0.15) is 12.0 Å². The van der Waals surface area contributed by atoms with E-state index in [0.29, 0.717) is 5.71 Å². The molecular weight excluding hydrogens is 342 g/mol. The highest BCUT2D eigenvalue weighted by Crippen LogP contribution is 2.20. The predicted molar refractivity (Wildman–Crippen MR) is 89.4 cm³/mol. The Bertz CT molecular complexity index is 838. The number of hydrogen-bond acceptors (Lipinski definition) is 3. The summed E-state index contributed by atoms with van der Waals surface area (Å²) in [6.07, 6.45) is 8.81. The number of halogens is 1. The third-order valence-electron chi connectivity index (χ3n) is 3.24. The van der Waals surface area contributed by atoms with Gasteiger partial charge in [-0.05, 0) is 29.8 Å². The van der Waals surface area contributed by atoms with E-state index < -0.39 is 5.92 Å². The Morgan fingerprint density at radius 3 is 2.95 bits per heavy atom. The second-order valence-electron chi connectivity index (χ2n) is 4.76. The molecule has 0 N–H and O–H groups in total. The number of amides is 1. The maximum atomic E-state index is 12.1. The lowest BCUT2D eigenvalue weighted by Gasteiger charge is -2.17. The van der Waals surface area contributed by atoms with Gasteiger partial charge in [-0.15, -0.1) is 0 Å². The molecule has 22 heavy (non-hydrogen) atoms. The van der Waals surface area contributed by atoms with Gasteiger partial charge in [-0.2, -0.15) is 10.3 Å². The van der Waals surface area contributed by atoms with Gasteiger partial charge in [0.2, 0.25) is 0 Å². The Kier molecular flexibility index (Phi) is 3.94. The number of aliphatic imine (C=N–C) groups is 2. The molecule has 2 aliphatic rings. The zero-order valence-corrected chi connectivity index (χ0v) is 13.0. The van der Waals surface area contributed by atoms with Gasteiger partial charge in [-0.25, -0.2) is 4.99 Å². The maximum Gasteiger partial charge on any atom is 0.260 e. The van der Waals surface area contributed by atoms with Gasteiger partial charge < -0.3 is 0 Å². The van der Waals surface area contributed by atoms with Crippen LogP contribution in [0.25, 0.3) is 6.08 Å². The van der Waals surface area contributed by atoms with Gasteiger partial charge in [0.05, 0.1) is 11.3 Å².